The Bertz CT molecular complexity index is 774. The van der Waals surface area contributed by atoms with E-state index >= 15 is 0 Å². The van der Waals surface area contributed by atoms with Crippen LogP contribution < -0.4 is 25.9 Å². The third-order valence-electron chi connectivity index (χ3n) is 4.12. The minimum atomic E-state index is -0.0922. The molecule has 25 heavy (non-hydrogen) atoms. The lowest BCUT2D eigenvalue weighted by molar-refractivity contribution is 0.585. The van der Waals surface area contributed by atoms with Gasteiger partial charge in [0.2, 0.25) is 5.96 Å². The van der Waals surface area contributed by atoms with Gasteiger partial charge in [0.1, 0.15) is 5.82 Å². The highest BCUT2D eigenvalue weighted by Gasteiger charge is 2.17. The van der Waals surface area contributed by atoms with Crippen molar-refractivity contribution in [2.75, 3.05) is 41.3 Å². The number of hydroxylamine groups is 1. The third kappa shape index (κ3) is 3.07. The van der Waals surface area contributed by atoms with Crippen LogP contribution in [-0.2, 0) is 0 Å². The molecule has 2 aliphatic heterocycles. The minimum Gasteiger partial charge on any atom is -0.752 e. The van der Waals surface area contributed by atoms with Gasteiger partial charge in [-0.3, -0.25) is 5.43 Å². The van der Waals surface area contributed by atoms with E-state index in [1.807, 2.05) is 6.07 Å². The Hall–Kier alpha value is -2.88. The van der Waals surface area contributed by atoms with E-state index in [2.05, 4.69) is 25.6 Å². The quantitative estimate of drug-likeness (QED) is 0.844. The van der Waals surface area contributed by atoms with Crippen molar-refractivity contribution in [3.05, 3.63) is 53.0 Å². The molecule has 0 bridgehead atoms. The maximum atomic E-state index is 12.4. The van der Waals surface area contributed by atoms with Crippen molar-refractivity contribution in [2.24, 2.45) is 4.99 Å². The number of rotatable bonds is 2. The molecule has 0 atom stereocenters. The molecule has 4 rings (SSSR count). The van der Waals surface area contributed by atoms with Crippen LogP contribution in [0.25, 0.3) is 0 Å². The fourth-order valence-electron chi connectivity index (χ4n) is 2.84. The Morgan fingerprint density at radius 2 is 1.76 bits per heavy atom. The van der Waals surface area contributed by atoms with Crippen LogP contribution in [0.5, 0.6) is 0 Å². The zero-order chi connectivity index (χ0) is 17.2. The van der Waals surface area contributed by atoms with Crippen molar-refractivity contribution < 1.29 is 0 Å². The van der Waals surface area contributed by atoms with Crippen molar-refractivity contribution >= 4 is 28.8 Å². The number of nitrogens with one attached hydrogen (secondary N) is 2. The van der Waals surface area contributed by atoms with Gasteiger partial charge in [-0.05, 0) is 24.3 Å². The first-order chi connectivity index (χ1) is 12.2. The second-order valence-corrected chi connectivity index (χ2v) is 5.74. The Morgan fingerprint density at radius 3 is 2.48 bits per heavy atom. The van der Waals surface area contributed by atoms with Gasteiger partial charge in [0.15, 0.2) is 0 Å². The summed E-state index contributed by atoms with van der Waals surface area (Å²) in [5.74, 6) is 0.780. The number of anilines is 3. The van der Waals surface area contributed by atoms with Crippen molar-refractivity contribution in [3.63, 3.8) is 0 Å². The molecular weight excluding hydrogens is 322 g/mol. The summed E-state index contributed by atoms with van der Waals surface area (Å²) in [4.78, 5) is 10.8. The molecule has 9 nitrogen and oxygen atoms in total. The summed E-state index contributed by atoms with van der Waals surface area (Å²) in [6.45, 7) is 3.66. The fraction of sp³-hybridized carbons (Fsp3) is 0.250. The van der Waals surface area contributed by atoms with E-state index in [1.54, 1.807) is 36.5 Å². The van der Waals surface area contributed by atoms with E-state index in [0.29, 0.717) is 15.9 Å². The molecule has 2 aromatic rings. The smallest absolute Gasteiger partial charge is 0.211 e. The van der Waals surface area contributed by atoms with Crippen molar-refractivity contribution in [3.8, 4) is 0 Å². The first-order valence-corrected chi connectivity index (χ1v) is 8.03. The Labute approximate surface area is 144 Å². The van der Waals surface area contributed by atoms with Gasteiger partial charge in [0.25, 0.3) is 0 Å². The summed E-state index contributed by atoms with van der Waals surface area (Å²) in [6.07, 6.45) is 1.59. The maximum Gasteiger partial charge on any atom is 0.211 e. The Kier molecular flexibility index (Phi) is 4.10. The van der Waals surface area contributed by atoms with Gasteiger partial charge in [-0.1, -0.05) is 12.1 Å². The molecule has 1 fully saturated rings. The third-order valence-corrected chi connectivity index (χ3v) is 4.12. The van der Waals surface area contributed by atoms with E-state index in [0.717, 1.165) is 32.0 Å². The van der Waals surface area contributed by atoms with E-state index in [-0.39, 0.29) is 17.3 Å². The number of hydrogen-bond acceptors (Lipinski definition) is 7. The van der Waals surface area contributed by atoms with Crippen LogP contribution >= 0.6 is 0 Å². The molecule has 2 aliphatic rings. The maximum absolute atomic E-state index is 12.4. The normalized spacial score (nSPS) is 19.0. The monoisotopic (exact) mass is 339 g/mol. The summed E-state index contributed by atoms with van der Waals surface area (Å²) in [6, 6.07) is 10.2. The number of hydrogen-bond donors (Lipinski definition) is 2. The average Bonchev–Trinajstić information content (AvgIpc) is 2.67. The first-order valence-electron chi connectivity index (χ1n) is 8.03. The molecule has 2 N–H and O–H groups in total. The summed E-state index contributed by atoms with van der Waals surface area (Å²) < 4.78 is 0. The standard InChI is InChI=1S/C16H17N7O2/c24-22-13-3-1-2-4-14(13)23(25)20-16(22)19-12-5-6-15(18-11-12)21-9-7-17-8-10-21/h1-6,11,17H,7-10H2,(H,19,20)/q-2. The van der Waals surface area contributed by atoms with Crippen LogP contribution in [0.4, 0.5) is 22.9 Å². The summed E-state index contributed by atoms with van der Waals surface area (Å²) in [7, 11) is 0. The van der Waals surface area contributed by atoms with Crippen LogP contribution in [0.3, 0.4) is 0 Å². The molecule has 0 saturated carbocycles. The molecule has 0 amide bonds. The van der Waals surface area contributed by atoms with E-state index in [1.165, 1.54) is 0 Å². The number of hydrazine groups is 1. The number of pyridine rings is 1. The lowest BCUT2D eigenvalue weighted by Crippen LogP contribution is -2.50. The van der Waals surface area contributed by atoms with Crippen LogP contribution in [0.2, 0.25) is 0 Å². The number of piperazine rings is 1. The van der Waals surface area contributed by atoms with Gasteiger partial charge < -0.3 is 30.9 Å². The topological polar surface area (TPSA) is 105 Å². The highest BCUT2D eigenvalue weighted by molar-refractivity contribution is 6.04. The van der Waals surface area contributed by atoms with E-state index in [4.69, 9.17) is 0 Å². The number of fused-ring (bicyclic) bond motifs is 1. The van der Waals surface area contributed by atoms with Gasteiger partial charge >= 0.3 is 0 Å². The molecule has 130 valence electrons. The highest BCUT2D eigenvalue weighted by Crippen LogP contribution is 2.31. The molecule has 1 aromatic carbocycles. The second-order valence-electron chi connectivity index (χ2n) is 5.74. The fourth-order valence-corrected chi connectivity index (χ4v) is 2.84. The van der Waals surface area contributed by atoms with Gasteiger partial charge in [0, 0.05) is 26.2 Å². The van der Waals surface area contributed by atoms with E-state index in [9.17, 15) is 10.4 Å². The van der Waals surface area contributed by atoms with Crippen LogP contribution in [0.15, 0.2) is 47.6 Å². The zero-order valence-corrected chi connectivity index (χ0v) is 13.4. The number of guanidine groups is 1. The summed E-state index contributed by atoms with van der Waals surface area (Å²) in [5, 5.41) is 28.9. The molecule has 9 heteroatoms. The number of aromatic nitrogens is 1. The van der Waals surface area contributed by atoms with Crippen molar-refractivity contribution in [1.29, 1.82) is 0 Å². The van der Waals surface area contributed by atoms with Crippen LogP contribution in [-0.4, -0.2) is 37.1 Å². The van der Waals surface area contributed by atoms with Gasteiger partial charge in [0.05, 0.1) is 23.3 Å². The lowest BCUT2D eigenvalue weighted by Gasteiger charge is -2.46. The van der Waals surface area contributed by atoms with Gasteiger partial charge in [-0.25, -0.2) is 9.98 Å². The van der Waals surface area contributed by atoms with Gasteiger partial charge in [-0.15, -0.1) is 0 Å². The van der Waals surface area contributed by atoms with Crippen LogP contribution in [0.1, 0.15) is 0 Å². The summed E-state index contributed by atoms with van der Waals surface area (Å²) >= 11 is 0. The van der Waals surface area contributed by atoms with E-state index < -0.39 is 0 Å². The van der Waals surface area contributed by atoms with Crippen LogP contribution in [0, 0.1) is 10.4 Å². The molecule has 1 aromatic heterocycles. The molecule has 1 saturated heterocycles. The average molecular weight is 339 g/mol. The molecule has 0 spiro atoms. The lowest BCUT2D eigenvalue weighted by atomic mass is 10.2. The SMILES string of the molecule is [O-]N1NC(=Nc2ccc(N3CCNCC3)nc2)N([O-])c2ccccc21. The molecule has 0 unspecified atom stereocenters. The molecule has 0 aliphatic carbocycles. The largest absolute Gasteiger partial charge is 0.752 e. The zero-order valence-electron chi connectivity index (χ0n) is 13.4. The number of benzene rings is 1. The number of para-hydroxylation sites is 2. The minimum absolute atomic E-state index is 0.0922. The predicted molar refractivity (Wildman–Crippen MR) is 97.7 cm³/mol. The second kappa shape index (κ2) is 6.55. The highest BCUT2D eigenvalue weighted by atomic mass is 16.6. The van der Waals surface area contributed by atoms with Crippen molar-refractivity contribution in [2.45, 2.75) is 0 Å². The van der Waals surface area contributed by atoms with Gasteiger partial charge in [-0.2, -0.15) is 0 Å². The molecule has 0 radical (unpaired) electrons. The molecule has 3 heterocycles. The first kappa shape index (κ1) is 15.6. The Morgan fingerprint density at radius 1 is 1.00 bits per heavy atom. The summed E-state index contributed by atoms with van der Waals surface area (Å²) in [5.41, 5.74) is 3.44. The number of aliphatic imine (C=N–C) groups is 1. The predicted octanol–water partition coefficient (Wildman–Crippen LogP) is 1.31. The molecular formula is C16H17N7O2-2. The number of nitrogens with zero attached hydrogens (tertiary/aromatic N) is 5. The Balaban J connectivity index is 1.56. The van der Waals surface area contributed by atoms with Crippen molar-refractivity contribution in [1.82, 2.24) is 15.7 Å².